The van der Waals surface area contributed by atoms with Gasteiger partial charge in [-0.15, -0.1) is 24.0 Å². The Hall–Kier alpha value is -0.970. The molecule has 0 aliphatic carbocycles. The predicted molar refractivity (Wildman–Crippen MR) is 136 cm³/mol. The fourth-order valence-corrected chi connectivity index (χ4v) is 4.32. The monoisotopic (exact) mass is 547 g/mol. The van der Waals surface area contributed by atoms with Crippen molar-refractivity contribution in [1.29, 1.82) is 0 Å². The molecule has 8 heteroatoms. The first kappa shape index (κ1) is 26.3. The number of hydrogen-bond acceptors (Lipinski definition) is 4. The van der Waals surface area contributed by atoms with Gasteiger partial charge in [0.25, 0.3) is 0 Å². The Kier molecular flexibility index (Phi) is 10.9. The molecule has 2 aliphatic heterocycles. The summed E-state index contributed by atoms with van der Waals surface area (Å²) in [6.07, 6.45) is 4.20. The van der Waals surface area contributed by atoms with Crippen LogP contribution in [-0.2, 0) is 11.3 Å². The number of aliphatic imine (C=N–C) groups is 1. The Balaban J connectivity index is 0.00000341. The molecule has 2 N–H and O–H groups in total. The summed E-state index contributed by atoms with van der Waals surface area (Å²) in [6.45, 7) is 8.32. The van der Waals surface area contributed by atoms with E-state index in [9.17, 15) is 4.39 Å². The zero-order valence-electron chi connectivity index (χ0n) is 19.2. The van der Waals surface area contributed by atoms with Crippen molar-refractivity contribution in [3.05, 3.63) is 35.6 Å². The molecule has 6 nitrogen and oxygen atoms in total. The van der Waals surface area contributed by atoms with E-state index in [1.165, 1.54) is 5.56 Å². The summed E-state index contributed by atoms with van der Waals surface area (Å²) >= 11 is 0. The van der Waals surface area contributed by atoms with E-state index in [0.717, 1.165) is 77.6 Å². The zero-order valence-corrected chi connectivity index (χ0v) is 21.5. The molecular formula is C23H39FIN5O. The van der Waals surface area contributed by atoms with Crippen LogP contribution in [0.2, 0.25) is 0 Å². The molecule has 3 rings (SSSR count). The highest BCUT2D eigenvalue weighted by Gasteiger charge is 2.34. The van der Waals surface area contributed by atoms with E-state index in [-0.39, 0.29) is 35.3 Å². The largest absolute Gasteiger partial charge is 0.381 e. The normalized spacial score (nSPS) is 20.4. The molecule has 1 aromatic rings. The molecule has 0 bridgehead atoms. The number of rotatable bonds is 7. The molecule has 0 amide bonds. The van der Waals surface area contributed by atoms with Crippen LogP contribution in [0, 0.1) is 5.82 Å². The molecule has 1 aromatic carbocycles. The summed E-state index contributed by atoms with van der Waals surface area (Å²) in [5, 5.41) is 7.08. The molecule has 0 atom stereocenters. The lowest BCUT2D eigenvalue weighted by Crippen LogP contribution is -2.52. The van der Waals surface area contributed by atoms with Crippen LogP contribution in [0.25, 0.3) is 0 Å². The van der Waals surface area contributed by atoms with Gasteiger partial charge >= 0.3 is 0 Å². The number of ether oxygens (including phenoxy) is 1. The van der Waals surface area contributed by atoms with Crippen LogP contribution in [0.15, 0.2) is 29.3 Å². The molecule has 0 unspecified atom stereocenters. The van der Waals surface area contributed by atoms with Crippen LogP contribution < -0.4 is 10.6 Å². The Labute approximate surface area is 204 Å². The second-order valence-corrected chi connectivity index (χ2v) is 8.75. The van der Waals surface area contributed by atoms with Crippen molar-refractivity contribution in [2.45, 2.75) is 50.7 Å². The first-order valence-corrected chi connectivity index (χ1v) is 11.3. The van der Waals surface area contributed by atoms with Gasteiger partial charge in [-0.3, -0.25) is 9.89 Å². The van der Waals surface area contributed by atoms with Crippen molar-refractivity contribution in [2.75, 3.05) is 53.5 Å². The van der Waals surface area contributed by atoms with Gasteiger partial charge in [0.2, 0.25) is 0 Å². The first-order chi connectivity index (χ1) is 14.5. The fourth-order valence-electron chi connectivity index (χ4n) is 4.32. The van der Waals surface area contributed by atoms with E-state index in [1.807, 2.05) is 12.1 Å². The lowest BCUT2D eigenvalue weighted by Gasteiger charge is -2.42. The second-order valence-electron chi connectivity index (χ2n) is 8.75. The standard InChI is InChI=1S/C23H38FN5O.HI/c1-4-25-22(26-18-23(28(2)3)11-15-30-16-12-23)27-21-9-13-29(14-10-21)17-19-5-7-20(24)8-6-19;/h5-8,21H,4,9-18H2,1-3H3,(H2,25,26,27);1H. The lowest BCUT2D eigenvalue weighted by atomic mass is 9.89. The summed E-state index contributed by atoms with van der Waals surface area (Å²) in [5.41, 5.74) is 1.25. The van der Waals surface area contributed by atoms with Crippen LogP contribution in [0.4, 0.5) is 4.39 Å². The van der Waals surface area contributed by atoms with Gasteiger partial charge in [0, 0.05) is 51.0 Å². The summed E-state index contributed by atoms with van der Waals surface area (Å²) < 4.78 is 18.7. The summed E-state index contributed by atoms with van der Waals surface area (Å²) in [5.74, 6) is 0.746. The molecule has 2 fully saturated rings. The van der Waals surface area contributed by atoms with E-state index in [2.05, 4.69) is 41.5 Å². The van der Waals surface area contributed by atoms with Gasteiger partial charge in [-0.1, -0.05) is 12.1 Å². The highest BCUT2D eigenvalue weighted by molar-refractivity contribution is 14.0. The molecule has 2 saturated heterocycles. The average Bonchev–Trinajstić information content (AvgIpc) is 2.76. The van der Waals surface area contributed by atoms with Crippen molar-refractivity contribution < 1.29 is 9.13 Å². The van der Waals surface area contributed by atoms with Gasteiger partial charge in [0.1, 0.15) is 5.82 Å². The van der Waals surface area contributed by atoms with E-state index >= 15 is 0 Å². The van der Waals surface area contributed by atoms with Crippen molar-refractivity contribution in [3.8, 4) is 0 Å². The maximum Gasteiger partial charge on any atom is 0.191 e. The molecule has 0 saturated carbocycles. The number of guanidine groups is 1. The van der Waals surface area contributed by atoms with E-state index < -0.39 is 0 Å². The topological polar surface area (TPSA) is 52.1 Å². The quantitative estimate of drug-likeness (QED) is 0.312. The van der Waals surface area contributed by atoms with Gasteiger partial charge < -0.3 is 20.3 Å². The average molecular weight is 548 g/mol. The minimum absolute atomic E-state index is 0. The Morgan fingerprint density at radius 1 is 1.19 bits per heavy atom. The number of likely N-dealkylation sites (N-methyl/N-ethyl adjacent to an activating group) is 1. The van der Waals surface area contributed by atoms with Crippen LogP contribution in [-0.4, -0.2) is 80.8 Å². The Morgan fingerprint density at radius 3 is 2.42 bits per heavy atom. The number of nitrogens with zero attached hydrogens (tertiary/aromatic N) is 3. The van der Waals surface area contributed by atoms with Crippen molar-refractivity contribution >= 4 is 29.9 Å². The van der Waals surface area contributed by atoms with Crippen molar-refractivity contribution in [1.82, 2.24) is 20.4 Å². The molecule has 0 spiro atoms. The number of nitrogens with one attached hydrogen (secondary N) is 2. The van der Waals surface area contributed by atoms with Gasteiger partial charge in [-0.2, -0.15) is 0 Å². The van der Waals surface area contributed by atoms with E-state index in [4.69, 9.17) is 9.73 Å². The minimum Gasteiger partial charge on any atom is -0.381 e. The van der Waals surface area contributed by atoms with E-state index in [1.54, 1.807) is 12.1 Å². The number of likely N-dealkylation sites (tertiary alicyclic amines) is 1. The van der Waals surface area contributed by atoms with Gasteiger partial charge in [-0.25, -0.2) is 4.39 Å². The molecule has 0 radical (unpaired) electrons. The van der Waals surface area contributed by atoms with Crippen molar-refractivity contribution in [2.24, 2.45) is 4.99 Å². The van der Waals surface area contributed by atoms with Crippen LogP contribution in [0.5, 0.6) is 0 Å². The second kappa shape index (κ2) is 12.9. The Morgan fingerprint density at radius 2 is 1.84 bits per heavy atom. The Bertz CT molecular complexity index is 671. The van der Waals surface area contributed by atoms with Gasteiger partial charge in [0.05, 0.1) is 6.54 Å². The third-order valence-corrected chi connectivity index (χ3v) is 6.50. The maximum atomic E-state index is 13.1. The molecule has 2 heterocycles. The van der Waals surface area contributed by atoms with Gasteiger partial charge in [0.15, 0.2) is 5.96 Å². The molecule has 31 heavy (non-hydrogen) atoms. The van der Waals surface area contributed by atoms with E-state index in [0.29, 0.717) is 6.04 Å². The maximum absolute atomic E-state index is 13.1. The summed E-state index contributed by atoms with van der Waals surface area (Å²) in [7, 11) is 4.30. The third-order valence-electron chi connectivity index (χ3n) is 6.50. The highest BCUT2D eigenvalue weighted by Crippen LogP contribution is 2.26. The number of piperidine rings is 1. The molecule has 2 aliphatic rings. The smallest absolute Gasteiger partial charge is 0.191 e. The first-order valence-electron chi connectivity index (χ1n) is 11.3. The summed E-state index contributed by atoms with van der Waals surface area (Å²) in [4.78, 5) is 9.73. The van der Waals surface area contributed by atoms with Gasteiger partial charge in [-0.05, 0) is 64.4 Å². The van der Waals surface area contributed by atoms with Crippen molar-refractivity contribution in [3.63, 3.8) is 0 Å². The third kappa shape index (κ3) is 7.83. The highest BCUT2D eigenvalue weighted by atomic mass is 127. The SMILES string of the molecule is CCNC(=NCC1(N(C)C)CCOCC1)NC1CCN(Cc2ccc(F)cc2)CC1.I. The van der Waals surface area contributed by atoms with Crippen LogP contribution in [0.1, 0.15) is 38.2 Å². The lowest BCUT2D eigenvalue weighted by molar-refractivity contribution is -0.00256. The van der Waals surface area contributed by atoms with Crippen LogP contribution >= 0.6 is 24.0 Å². The predicted octanol–water partition coefficient (Wildman–Crippen LogP) is 3.07. The molecule has 176 valence electrons. The van der Waals surface area contributed by atoms with Crippen LogP contribution in [0.3, 0.4) is 0 Å². The number of benzene rings is 1. The number of hydrogen-bond donors (Lipinski definition) is 2. The zero-order chi connectivity index (χ0) is 21.4. The minimum atomic E-state index is -0.173. The fraction of sp³-hybridized carbons (Fsp3) is 0.696. The molecular weight excluding hydrogens is 508 g/mol. The summed E-state index contributed by atoms with van der Waals surface area (Å²) in [6, 6.07) is 7.28. The number of halogens is 2. The molecule has 0 aromatic heterocycles.